The van der Waals surface area contributed by atoms with Crippen molar-refractivity contribution in [1.82, 2.24) is 5.32 Å². The molecule has 2 aliphatic carbocycles. The third kappa shape index (κ3) is 3.79. The molecule has 2 aromatic rings. The van der Waals surface area contributed by atoms with E-state index in [1.54, 1.807) is 0 Å². The number of thiol groups is 1. The van der Waals surface area contributed by atoms with Crippen molar-refractivity contribution in [2.75, 3.05) is 5.73 Å². The molecule has 0 radical (unpaired) electrons. The SMILES string of the molecule is CC(NC(=O)c1ccccc1)C1(c2ccccc2N)C=CC2CC(C(=O)S)CC2C1. The number of allylic oxidation sites excluding steroid dienone is 1. The summed E-state index contributed by atoms with van der Waals surface area (Å²) in [5.41, 5.74) is 8.38. The lowest BCUT2D eigenvalue weighted by Gasteiger charge is -2.44. The van der Waals surface area contributed by atoms with Crippen molar-refractivity contribution >= 4 is 29.3 Å². The van der Waals surface area contributed by atoms with Crippen LogP contribution in [0.5, 0.6) is 0 Å². The number of rotatable bonds is 5. The van der Waals surface area contributed by atoms with Gasteiger partial charge < -0.3 is 11.1 Å². The minimum atomic E-state index is -0.425. The van der Waals surface area contributed by atoms with E-state index in [1.165, 1.54) is 0 Å². The number of hydrogen-bond acceptors (Lipinski definition) is 3. The standard InChI is InChI=1S/C25H28N2O2S/c1-16(27-23(28)17-7-3-2-4-8-17)25(21-9-5-6-10-22(21)26)12-11-18-13-19(24(29)30)14-20(18)15-25/h2-12,16,18-20H,13-15,26H2,1H3,(H,27,28)(H,29,30). The smallest absolute Gasteiger partial charge is 0.251 e. The molecule has 0 bridgehead atoms. The van der Waals surface area contributed by atoms with Crippen LogP contribution in [-0.2, 0) is 10.2 Å². The van der Waals surface area contributed by atoms with Crippen molar-refractivity contribution in [1.29, 1.82) is 0 Å². The number of nitrogen functional groups attached to an aromatic ring is 1. The monoisotopic (exact) mass is 420 g/mol. The molecule has 1 saturated carbocycles. The first-order valence-electron chi connectivity index (χ1n) is 10.5. The molecule has 156 valence electrons. The third-order valence-corrected chi connectivity index (χ3v) is 7.32. The van der Waals surface area contributed by atoms with Gasteiger partial charge in [0.25, 0.3) is 5.91 Å². The topological polar surface area (TPSA) is 72.2 Å². The molecule has 4 rings (SSSR count). The summed E-state index contributed by atoms with van der Waals surface area (Å²) in [6.45, 7) is 2.05. The molecule has 1 amide bonds. The molecule has 5 unspecified atom stereocenters. The Kier molecular flexibility index (Phi) is 5.74. The zero-order valence-electron chi connectivity index (χ0n) is 17.1. The van der Waals surface area contributed by atoms with E-state index in [-0.39, 0.29) is 23.0 Å². The number of benzene rings is 2. The fraction of sp³-hybridized carbons (Fsp3) is 0.360. The highest BCUT2D eigenvalue weighted by Gasteiger charge is 2.47. The molecule has 0 heterocycles. The normalized spacial score (nSPS) is 28.5. The molecule has 30 heavy (non-hydrogen) atoms. The third-order valence-electron chi connectivity index (χ3n) is 6.96. The fourth-order valence-electron chi connectivity index (χ4n) is 5.30. The highest BCUT2D eigenvalue weighted by molar-refractivity contribution is 7.96. The van der Waals surface area contributed by atoms with Crippen LogP contribution in [0.1, 0.15) is 42.1 Å². The van der Waals surface area contributed by atoms with Gasteiger partial charge in [-0.2, -0.15) is 0 Å². The zero-order chi connectivity index (χ0) is 21.3. The van der Waals surface area contributed by atoms with Gasteiger partial charge in [0, 0.05) is 28.6 Å². The maximum absolute atomic E-state index is 12.9. The van der Waals surface area contributed by atoms with Crippen LogP contribution in [0.2, 0.25) is 0 Å². The summed E-state index contributed by atoms with van der Waals surface area (Å²) in [7, 11) is 0. The van der Waals surface area contributed by atoms with Gasteiger partial charge in [0.05, 0.1) is 0 Å². The Morgan fingerprint density at radius 1 is 1.10 bits per heavy atom. The van der Waals surface area contributed by atoms with E-state index in [1.807, 2.05) is 55.5 Å². The number of carbonyl (C=O) groups is 2. The lowest BCUT2D eigenvalue weighted by atomic mass is 9.63. The molecule has 1 fully saturated rings. The van der Waals surface area contributed by atoms with E-state index >= 15 is 0 Å². The summed E-state index contributed by atoms with van der Waals surface area (Å²) >= 11 is 4.09. The number of anilines is 1. The summed E-state index contributed by atoms with van der Waals surface area (Å²) in [6.07, 6.45) is 7.00. The van der Waals surface area contributed by atoms with Gasteiger partial charge in [-0.3, -0.25) is 9.59 Å². The number of nitrogens with two attached hydrogens (primary N) is 1. The van der Waals surface area contributed by atoms with Gasteiger partial charge in [-0.25, -0.2) is 0 Å². The van der Waals surface area contributed by atoms with Crippen molar-refractivity contribution in [2.45, 2.75) is 37.6 Å². The van der Waals surface area contributed by atoms with E-state index in [0.717, 1.165) is 30.5 Å². The van der Waals surface area contributed by atoms with Gasteiger partial charge in [0.15, 0.2) is 5.12 Å². The summed E-state index contributed by atoms with van der Waals surface area (Å²) in [6, 6.07) is 17.0. The van der Waals surface area contributed by atoms with Gasteiger partial charge in [-0.1, -0.05) is 48.6 Å². The molecular formula is C25H28N2O2S. The maximum Gasteiger partial charge on any atom is 0.251 e. The summed E-state index contributed by atoms with van der Waals surface area (Å²) in [5, 5.41) is 3.20. The van der Waals surface area contributed by atoms with Crippen LogP contribution in [0.3, 0.4) is 0 Å². The van der Waals surface area contributed by atoms with E-state index < -0.39 is 5.41 Å². The lowest BCUT2D eigenvalue weighted by molar-refractivity contribution is -0.114. The highest BCUT2D eigenvalue weighted by atomic mass is 32.1. The first-order valence-corrected chi connectivity index (χ1v) is 11.0. The van der Waals surface area contributed by atoms with Gasteiger partial charge in [0.2, 0.25) is 0 Å². The van der Waals surface area contributed by atoms with Crippen molar-refractivity contribution in [2.24, 2.45) is 17.8 Å². The predicted molar refractivity (Wildman–Crippen MR) is 123 cm³/mol. The first kappa shape index (κ1) is 20.7. The van der Waals surface area contributed by atoms with E-state index in [4.69, 9.17) is 5.73 Å². The van der Waals surface area contributed by atoms with Gasteiger partial charge in [-0.15, -0.1) is 12.6 Å². The van der Waals surface area contributed by atoms with Crippen LogP contribution in [0, 0.1) is 17.8 Å². The zero-order valence-corrected chi connectivity index (χ0v) is 18.0. The Hall–Kier alpha value is -2.53. The number of amides is 1. The van der Waals surface area contributed by atoms with Crippen molar-refractivity contribution in [3.05, 3.63) is 77.9 Å². The molecule has 2 aliphatic rings. The molecule has 0 spiro atoms. The van der Waals surface area contributed by atoms with Crippen molar-refractivity contribution in [3.63, 3.8) is 0 Å². The molecule has 0 aromatic heterocycles. The number of fused-ring (bicyclic) bond motifs is 1. The highest BCUT2D eigenvalue weighted by Crippen LogP contribution is 2.51. The molecule has 0 saturated heterocycles. The molecular weight excluding hydrogens is 392 g/mol. The Balaban J connectivity index is 1.68. The molecule has 4 nitrogen and oxygen atoms in total. The minimum Gasteiger partial charge on any atom is -0.398 e. The molecule has 5 heteroatoms. The Morgan fingerprint density at radius 2 is 1.80 bits per heavy atom. The van der Waals surface area contributed by atoms with Crippen LogP contribution >= 0.6 is 12.6 Å². The Morgan fingerprint density at radius 3 is 2.50 bits per heavy atom. The maximum atomic E-state index is 12.9. The van der Waals surface area contributed by atoms with Crippen LogP contribution in [0.15, 0.2) is 66.7 Å². The Bertz CT molecular complexity index is 974. The molecule has 0 aliphatic heterocycles. The Labute approximate surface area is 183 Å². The first-order chi connectivity index (χ1) is 14.4. The lowest BCUT2D eigenvalue weighted by Crippen LogP contribution is -2.50. The number of para-hydroxylation sites is 1. The predicted octanol–water partition coefficient (Wildman–Crippen LogP) is 4.38. The second-order valence-electron chi connectivity index (χ2n) is 8.68. The molecule has 2 aromatic carbocycles. The number of nitrogens with one attached hydrogen (secondary N) is 1. The van der Waals surface area contributed by atoms with Gasteiger partial charge >= 0.3 is 0 Å². The molecule has 5 atom stereocenters. The van der Waals surface area contributed by atoms with E-state index in [0.29, 0.717) is 17.4 Å². The summed E-state index contributed by atoms with van der Waals surface area (Å²) in [5.74, 6) is 0.654. The van der Waals surface area contributed by atoms with Gasteiger partial charge in [-0.05, 0) is 61.8 Å². The van der Waals surface area contributed by atoms with Crippen molar-refractivity contribution in [3.8, 4) is 0 Å². The van der Waals surface area contributed by atoms with E-state index in [2.05, 4.69) is 36.2 Å². The summed E-state index contributed by atoms with van der Waals surface area (Å²) in [4.78, 5) is 24.8. The van der Waals surface area contributed by atoms with E-state index in [9.17, 15) is 9.59 Å². The van der Waals surface area contributed by atoms with Crippen LogP contribution < -0.4 is 11.1 Å². The fourth-order valence-corrected chi connectivity index (χ4v) is 5.51. The minimum absolute atomic E-state index is 0.00567. The van der Waals surface area contributed by atoms with Crippen LogP contribution in [0.25, 0.3) is 0 Å². The van der Waals surface area contributed by atoms with Gasteiger partial charge in [0.1, 0.15) is 0 Å². The average molecular weight is 421 g/mol. The van der Waals surface area contributed by atoms with Crippen molar-refractivity contribution < 1.29 is 9.59 Å². The number of hydrogen-bond donors (Lipinski definition) is 3. The second kappa shape index (κ2) is 8.31. The summed E-state index contributed by atoms with van der Waals surface area (Å²) < 4.78 is 0. The number of carbonyl (C=O) groups excluding carboxylic acids is 2. The largest absolute Gasteiger partial charge is 0.398 e. The molecule has 3 N–H and O–H groups in total. The quantitative estimate of drug-likeness (QED) is 0.382. The average Bonchev–Trinajstić information content (AvgIpc) is 3.18. The van der Waals surface area contributed by atoms with Crippen LogP contribution in [0.4, 0.5) is 5.69 Å². The van der Waals surface area contributed by atoms with Crippen LogP contribution in [-0.4, -0.2) is 17.1 Å². The second-order valence-corrected chi connectivity index (χ2v) is 9.12.